The third kappa shape index (κ3) is 4.68. The van der Waals surface area contributed by atoms with Crippen molar-refractivity contribution in [3.05, 3.63) is 53.4 Å². The van der Waals surface area contributed by atoms with Crippen LogP contribution < -0.4 is 5.32 Å². The van der Waals surface area contributed by atoms with Gasteiger partial charge in [0.05, 0.1) is 0 Å². The molecule has 3 rings (SSSR count). The maximum absolute atomic E-state index is 13.1. The van der Waals surface area contributed by atoms with Crippen molar-refractivity contribution < 1.29 is 9.18 Å². The van der Waals surface area contributed by atoms with E-state index in [2.05, 4.69) is 14.9 Å². The molecule has 1 aliphatic rings. The third-order valence-electron chi connectivity index (χ3n) is 5.02. The largest absolute Gasteiger partial charge is 0.355 e. The molecule has 1 fully saturated rings. The number of imidazole rings is 1. The van der Waals surface area contributed by atoms with Crippen LogP contribution in [0.4, 0.5) is 4.39 Å². The lowest BCUT2D eigenvalue weighted by molar-refractivity contribution is -0.125. The Morgan fingerprint density at radius 3 is 2.68 bits per heavy atom. The van der Waals surface area contributed by atoms with Crippen LogP contribution in [-0.4, -0.2) is 22.0 Å². The molecule has 1 aromatic carbocycles. The number of nitrogens with zero attached hydrogens (tertiary/aromatic N) is 2. The van der Waals surface area contributed by atoms with Crippen molar-refractivity contribution >= 4 is 5.91 Å². The van der Waals surface area contributed by atoms with Crippen LogP contribution in [0.15, 0.2) is 30.5 Å². The van der Waals surface area contributed by atoms with Gasteiger partial charge < -0.3 is 9.88 Å². The van der Waals surface area contributed by atoms with Crippen molar-refractivity contribution in [2.24, 2.45) is 5.92 Å². The normalized spacial score (nSPS) is 15.3. The second-order valence-electron chi connectivity index (χ2n) is 6.90. The van der Waals surface area contributed by atoms with E-state index in [0.717, 1.165) is 29.9 Å². The number of aromatic nitrogens is 2. The summed E-state index contributed by atoms with van der Waals surface area (Å²) in [5.41, 5.74) is 2.10. The van der Waals surface area contributed by atoms with Gasteiger partial charge in [-0.1, -0.05) is 31.4 Å². The van der Waals surface area contributed by atoms with Crippen molar-refractivity contribution in [2.45, 2.75) is 52.0 Å². The summed E-state index contributed by atoms with van der Waals surface area (Å²) >= 11 is 0. The van der Waals surface area contributed by atoms with E-state index in [1.165, 1.54) is 31.4 Å². The molecule has 5 heteroatoms. The Morgan fingerprint density at radius 2 is 1.96 bits per heavy atom. The summed E-state index contributed by atoms with van der Waals surface area (Å²) in [6.45, 7) is 3.29. The van der Waals surface area contributed by atoms with Crippen LogP contribution in [0, 0.1) is 18.7 Å². The first-order chi connectivity index (χ1) is 12.1. The minimum absolute atomic E-state index is 0.188. The Morgan fingerprint density at radius 1 is 1.24 bits per heavy atom. The first kappa shape index (κ1) is 17.6. The molecule has 1 aliphatic carbocycles. The van der Waals surface area contributed by atoms with E-state index in [1.54, 1.807) is 12.1 Å². The number of hydrogen-bond donors (Lipinski definition) is 1. The number of hydrogen-bond acceptors (Lipinski definition) is 2. The fourth-order valence-electron chi connectivity index (χ4n) is 3.51. The van der Waals surface area contributed by atoms with Crippen molar-refractivity contribution in [2.75, 3.05) is 6.54 Å². The van der Waals surface area contributed by atoms with E-state index in [4.69, 9.17) is 0 Å². The van der Waals surface area contributed by atoms with Crippen molar-refractivity contribution in [3.63, 3.8) is 0 Å². The first-order valence-electron chi connectivity index (χ1n) is 9.16. The zero-order valence-corrected chi connectivity index (χ0v) is 14.8. The predicted octanol–water partition coefficient (Wildman–Crippen LogP) is 3.62. The molecular formula is C20H26FN3O. The number of amides is 1. The van der Waals surface area contributed by atoms with E-state index in [-0.39, 0.29) is 17.6 Å². The van der Waals surface area contributed by atoms with Crippen LogP contribution in [0.3, 0.4) is 0 Å². The maximum Gasteiger partial charge on any atom is 0.223 e. The van der Waals surface area contributed by atoms with Gasteiger partial charge in [0.25, 0.3) is 0 Å². The van der Waals surface area contributed by atoms with Gasteiger partial charge in [0, 0.05) is 37.3 Å². The molecule has 1 aromatic heterocycles. The second-order valence-corrected chi connectivity index (χ2v) is 6.90. The van der Waals surface area contributed by atoms with Gasteiger partial charge in [0.15, 0.2) is 0 Å². The molecule has 134 valence electrons. The average molecular weight is 343 g/mol. The summed E-state index contributed by atoms with van der Waals surface area (Å²) in [4.78, 5) is 16.7. The number of rotatable bonds is 6. The number of carbonyl (C=O) groups is 1. The number of carbonyl (C=O) groups excluding carboxylic acids is 1. The van der Waals surface area contributed by atoms with E-state index in [9.17, 15) is 9.18 Å². The molecule has 0 saturated heterocycles. The molecular weight excluding hydrogens is 317 g/mol. The first-order valence-corrected chi connectivity index (χ1v) is 9.16. The van der Waals surface area contributed by atoms with Crippen LogP contribution in [-0.2, 0) is 17.8 Å². The van der Waals surface area contributed by atoms with Gasteiger partial charge in [0.1, 0.15) is 11.6 Å². The lowest BCUT2D eigenvalue weighted by Gasteiger charge is -2.20. The number of benzene rings is 1. The number of nitrogens with one attached hydrogen (secondary N) is 1. The lowest BCUT2D eigenvalue weighted by atomic mass is 9.89. The lowest BCUT2D eigenvalue weighted by Crippen LogP contribution is -2.33. The predicted molar refractivity (Wildman–Crippen MR) is 95.8 cm³/mol. The fraction of sp³-hybridized carbons (Fsp3) is 0.500. The summed E-state index contributed by atoms with van der Waals surface area (Å²) in [6.07, 6.45) is 8.17. The molecule has 0 atom stereocenters. The van der Waals surface area contributed by atoms with Gasteiger partial charge >= 0.3 is 0 Å². The highest BCUT2D eigenvalue weighted by Gasteiger charge is 2.20. The summed E-state index contributed by atoms with van der Waals surface area (Å²) in [5.74, 6) is 1.10. The molecule has 0 spiro atoms. The van der Waals surface area contributed by atoms with Crippen LogP contribution in [0.5, 0.6) is 0 Å². The zero-order chi connectivity index (χ0) is 17.6. The monoisotopic (exact) mass is 343 g/mol. The highest BCUT2D eigenvalue weighted by Crippen LogP contribution is 2.23. The van der Waals surface area contributed by atoms with Gasteiger partial charge in [-0.15, -0.1) is 0 Å². The number of halogens is 1. The van der Waals surface area contributed by atoms with Crippen molar-refractivity contribution in [3.8, 4) is 0 Å². The third-order valence-corrected chi connectivity index (χ3v) is 5.02. The maximum atomic E-state index is 13.1. The van der Waals surface area contributed by atoms with Crippen LogP contribution >= 0.6 is 0 Å². The molecule has 0 radical (unpaired) electrons. The molecule has 0 aliphatic heterocycles. The standard InChI is InChI=1S/C20H26FN3O/c1-15-13-23-19(24(15)14-16-7-9-18(21)10-8-16)11-12-22-20(25)17-5-3-2-4-6-17/h7-10,13,17H,2-6,11-12,14H2,1H3,(H,22,25). The summed E-state index contributed by atoms with van der Waals surface area (Å²) < 4.78 is 15.2. The van der Waals surface area contributed by atoms with Gasteiger partial charge in [-0.2, -0.15) is 0 Å². The van der Waals surface area contributed by atoms with E-state index >= 15 is 0 Å². The Kier molecular flexibility index (Phi) is 5.84. The molecule has 1 heterocycles. The Bertz CT molecular complexity index is 702. The van der Waals surface area contributed by atoms with E-state index in [0.29, 0.717) is 19.5 Å². The second kappa shape index (κ2) is 8.28. The van der Waals surface area contributed by atoms with Crippen molar-refractivity contribution in [1.29, 1.82) is 0 Å². The van der Waals surface area contributed by atoms with Crippen LogP contribution in [0.25, 0.3) is 0 Å². The average Bonchev–Trinajstić information content (AvgIpc) is 2.98. The zero-order valence-electron chi connectivity index (χ0n) is 14.8. The smallest absolute Gasteiger partial charge is 0.223 e. The molecule has 0 unspecified atom stereocenters. The molecule has 4 nitrogen and oxygen atoms in total. The van der Waals surface area contributed by atoms with Gasteiger partial charge in [0.2, 0.25) is 5.91 Å². The molecule has 0 bridgehead atoms. The molecule has 1 amide bonds. The molecule has 2 aromatic rings. The van der Waals surface area contributed by atoms with Crippen molar-refractivity contribution in [1.82, 2.24) is 14.9 Å². The van der Waals surface area contributed by atoms with Crippen LogP contribution in [0.1, 0.15) is 49.2 Å². The van der Waals surface area contributed by atoms with Gasteiger partial charge in [-0.3, -0.25) is 4.79 Å². The summed E-state index contributed by atoms with van der Waals surface area (Å²) in [6, 6.07) is 6.55. The highest BCUT2D eigenvalue weighted by atomic mass is 19.1. The van der Waals surface area contributed by atoms with Gasteiger partial charge in [-0.25, -0.2) is 9.37 Å². The SMILES string of the molecule is Cc1cnc(CCNC(=O)C2CCCCC2)n1Cc1ccc(F)cc1. The van der Waals surface area contributed by atoms with Crippen LogP contribution in [0.2, 0.25) is 0 Å². The van der Waals surface area contributed by atoms with E-state index < -0.39 is 0 Å². The minimum atomic E-state index is -0.225. The topological polar surface area (TPSA) is 46.9 Å². The van der Waals surface area contributed by atoms with E-state index in [1.807, 2.05) is 13.1 Å². The molecule has 1 N–H and O–H groups in total. The molecule has 1 saturated carbocycles. The van der Waals surface area contributed by atoms with Gasteiger partial charge in [-0.05, 0) is 37.5 Å². The molecule has 25 heavy (non-hydrogen) atoms. The summed E-state index contributed by atoms with van der Waals surface area (Å²) in [5, 5.41) is 3.07. The highest BCUT2D eigenvalue weighted by molar-refractivity contribution is 5.78. The Balaban J connectivity index is 1.56. The summed E-state index contributed by atoms with van der Waals surface area (Å²) in [7, 11) is 0. The fourth-order valence-corrected chi connectivity index (χ4v) is 3.51. The number of aryl methyl sites for hydroxylation is 1. The minimum Gasteiger partial charge on any atom is -0.355 e. The Labute approximate surface area is 148 Å². The quantitative estimate of drug-likeness (QED) is 0.871. The Hall–Kier alpha value is -2.17.